The monoisotopic (exact) mass is 325 g/mol. The minimum absolute atomic E-state index is 0.0906. The van der Waals surface area contributed by atoms with Crippen LogP contribution in [0.15, 0.2) is 46.9 Å². The highest BCUT2D eigenvalue weighted by molar-refractivity contribution is 9.10. The zero-order chi connectivity index (χ0) is 13.1. The highest BCUT2D eigenvalue weighted by Gasteiger charge is 2.10. The molecule has 0 aliphatic carbocycles. The van der Waals surface area contributed by atoms with Gasteiger partial charge < -0.3 is 10.5 Å². The third kappa shape index (κ3) is 3.05. The molecule has 2 nitrogen and oxygen atoms in total. The van der Waals surface area contributed by atoms with Gasteiger partial charge in [-0.2, -0.15) is 0 Å². The van der Waals surface area contributed by atoms with Crippen LogP contribution in [0, 0.1) is 0 Å². The molecule has 2 aromatic carbocycles. The number of rotatable bonds is 3. The van der Waals surface area contributed by atoms with Gasteiger partial charge in [-0.3, -0.25) is 0 Å². The molecule has 0 bridgehead atoms. The Labute approximate surface area is 120 Å². The van der Waals surface area contributed by atoms with Crippen molar-refractivity contribution in [2.45, 2.75) is 13.0 Å². The summed E-state index contributed by atoms with van der Waals surface area (Å²) in [6, 6.07) is 13.1. The summed E-state index contributed by atoms with van der Waals surface area (Å²) in [4.78, 5) is 0. The van der Waals surface area contributed by atoms with E-state index in [0.29, 0.717) is 10.8 Å². The lowest BCUT2D eigenvalue weighted by atomic mass is 10.1. The predicted octanol–water partition coefficient (Wildman–Crippen LogP) is 4.91. The number of hydrogen-bond donors (Lipinski definition) is 1. The molecule has 0 aliphatic rings. The van der Waals surface area contributed by atoms with Crippen molar-refractivity contribution in [3.63, 3.8) is 0 Å². The molecule has 2 aromatic rings. The van der Waals surface area contributed by atoms with E-state index in [-0.39, 0.29) is 6.04 Å². The van der Waals surface area contributed by atoms with Crippen LogP contribution >= 0.6 is 27.5 Å². The van der Waals surface area contributed by atoms with E-state index >= 15 is 0 Å². The molecule has 0 unspecified atom stereocenters. The normalized spacial score (nSPS) is 12.2. The highest BCUT2D eigenvalue weighted by atomic mass is 79.9. The van der Waals surface area contributed by atoms with Crippen LogP contribution in [0.4, 0.5) is 0 Å². The van der Waals surface area contributed by atoms with Crippen molar-refractivity contribution in [1.29, 1.82) is 0 Å². The number of ether oxygens (including phenoxy) is 1. The van der Waals surface area contributed by atoms with E-state index < -0.39 is 0 Å². The summed E-state index contributed by atoms with van der Waals surface area (Å²) in [5.74, 6) is 1.34. The lowest BCUT2D eigenvalue weighted by molar-refractivity contribution is 0.472. The van der Waals surface area contributed by atoms with E-state index in [9.17, 15) is 0 Å². The Hall–Kier alpha value is -1.03. The third-order valence-electron chi connectivity index (χ3n) is 2.52. The Morgan fingerprint density at radius 3 is 2.61 bits per heavy atom. The highest BCUT2D eigenvalue weighted by Crippen LogP contribution is 2.34. The van der Waals surface area contributed by atoms with Crippen LogP contribution in [0.5, 0.6) is 11.5 Å². The maximum atomic E-state index is 6.10. The molecule has 0 saturated heterocycles. The van der Waals surface area contributed by atoms with Crippen molar-refractivity contribution in [1.82, 2.24) is 0 Å². The zero-order valence-electron chi connectivity index (χ0n) is 9.86. The van der Waals surface area contributed by atoms with E-state index in [1.807, 2.05) is 43.3 Å². The molecule has 0 saturated carbocycles. The van der Waals surface area contributed by atoms with Crippen molar-refractivity contribution in [3.8, 4) is 11.5 Å². The molecule has 0 aromatic heterocycles. The average Bonchev–Trinajstić information content (AvgIpc) is 2.34. The van der Waals surface area contributed by atoms with Crippen LogP contribution in [0.1, 0.15) is 18.5 Å². The fourth-order valence-electron chi connectivity index (χ4n) is 1.62. The summed E-state index contributed by atoms with van der Waals surface area (Å²) < 4.78 is 6.76. The van der Waals surface area contributed by atoms with Gasteiger partial charge in [-0.15, -0.1) is 0 Å². The van der Waals surface area contributed by atoms with Crippen LogP contribution in [0.2, 0.25) is 5.02 Å². The SMILES string of the molecule is C[C@H](N)c1ccccc1Oc1cc(Br)ccc1Cl. The molecule has 0 amide bonds. The number of halogens is 2. The van der Waals surface area contributed by atoms with Crippen LogP contribution in [0.25, 0.3) is 0 Å². The summed E-state index contributed by atoms with van der Waals surface area (Å²) in [5, 5.41) is 0.567. The Morgan fingerprint density at radius 2 is 1.89 bits per heavy atom. The summed E-state index contributed by atoms with van der Waals surface area (Å²) in [6.07, 6.45) is 0. The number of hydrogen-bond acceptors (Lipinski definition) is 2. The molecule has 4 heteroatoms. The molecule has 94 valence electrons. The molecule has 1 atom stereocenters. The second-order valence-electron chi connectivity index (χ2n) is 4.00. The zero-order valence-corrected chi connectivity index (χ0v) is 12.2. The van der Waals surface area contributed by atoms with Crippen molar-refractivity contribution in [3.05, 3.63) is 57.5 Å². The van der Waals surface area contributed by atoms with E-state index in [1.54, 1.807) is 6.07 Å². The molecule has 0 aliphatic heterocycles. The van der Waals surface area contributed by atoms with Crippen molar-refractivity contribution >= 4 is 27.5 Å². The number of nitrogens with two attached hydrogens (primary N) is 1. The Morgan fingerprint density at radius 1 is 1.17 bits per heavy atom. The van der Waals surface area contributed by atoms with Gasteiger partial charge in [0.15, 0.2) is 0 Å². The molecule has 18 heavy (non-hydrogen) atoms. The second kappa shape index (κ2) is 5.74. The average molecular weight is 327 g/mol. The minimum atomic E-state index is -0.0906. The first-order valence-electron chi connectivity index (χ1n) is 5.55. The van der Waals surface area contributed by atoms with E-state index in [4.69, 9.17) is 22.1 Å². The smallest absolute Gasteiger partial charge is 0.147 e. The van der Waals surface area contributed by atoms with E-state index in [2.05, 4.69) is 15.9 Å². The number of para-hydroxylation sites is 1. The Bertz CT molecular complexity index is 557. The quantitative estimate of drug-likeness (QED) is 0.869. The van der Waals surface area contributed by atoms with Gasteiger partial charge in [0.1, 0.15) is 11.5 Å². The summed E-state index contributed by atoms with van der Waals surface area (Å²) >= 11 is 9.49. The van der Waals surface area contributed by atoms with Crippen LogP contribution in [-0.4, -0.2) is 0 Å². The molecule has 2 N–H and O–H groups in total. The lowest BCUT2D eigenvalue weighted by Crippen LogP contribution is -2.06. The maximum absolute atomic E-state index is 6.10. The Kier molecular flexibility index (Phi) is 4.27. The minimum Gasteiger partial charge on any atom is -0.455 e. The van der Waals surface area contributed by atoms with Crippen LogP contribution in [0.3, 0.4) is 0 Å². The predicted molar refractivity (Wildman–Crippen MR) is 78.3 cm³/mol. The second-order valence-corrected chi connectivity index (χ2v) is 5.33. The van der Waals surface area contributed by atoms with Gasteiger partial charge in [-0.05, 0) is 31.2 Å². The van der Waals surface area contributed by atoms with Gasteiger partial charge >= 0.3 is 0 Å². The van der Waals surface area contributed by atoms with Gasteiger partial charge in [-0.1, -0.05) is 45.7 Å². The fraction of sp³-hybridized carbons (Fsp3) is 0.143. The van der Waals surface area contributed by atoms with E-state index in [0.717, 1.165) is 15.8 Å². The molecule has 0 radical (unpaired) electrons. The first-order chi connectivity index (χ1) is 8.58. The lowest BCUT2D eigenvalue weighted by Gasteiger charge is -2.14. The third-order valence-corrected chi connectivity index (χ3v) is 3.33. The molecule has 0 heterocycles. The van der Waals surface area contributed by atoms with Crippen molar-refractivity contribution in [2.24, 2.45) is 5.73 Å². The first-order valence-corrected chi connectivity index (χ1v) is 6.72. The molecule has 0 spiro atoms. The molecule has 2 rings (SSSR count). The van der Waals surface area contributed by atoms with Gasteiger partial charge in [-0.25, -0.2) is 0 Å². The van der Waals surface area contributed by atoms with Gasteiger partial charge in [0, 0.05) is 16.1 Å². The summed E-state index contributed by atoms with van der Waals surface area (Å²) in [5.41, 5.74) is 6.87. The first kappa shape index (κ1) is 13.4. The standard InChI is InChI=1S/C14H13BrClNO/c1-9(17)11-4-2-3-5-13(11)18-14-8-10(15)6-7-12(14)16/h2-9H,17H2,1H3/t9-/m0/s1. The van der Waals surface area contributed by atoms with Crippen molar-refractivity contribution < 1.29 is 4.74 Å². The Balaban J connectivity index is 2.37. The fourth-order valence-corrected chi connectivity index (χ4v) is 2.12. The van der Waals surface area contributed by atoms with Crippen molar-refractivity contribution in [2.75, 3.05) is 0 Å². The molecular formula is C14H13BrClNO. The summed E-state index contributed by atoms with van der Waals surface area (Å²) in [6.45, 7) is 1.92. The molecule has 0 fully saturated rings. The van der Waals surface area contributed by atoms with Crippen LogP contribution in [-0.2, 0) is 0 Å². The van der Waals surface area contributed by atoms with E-state index in [1.165, 1.54) is 0 Å². The largest absolute Gasteiger partial charge is 0.455 e. The summed E-state index contributed by atoms with van der Waals surface area (Å²) in [7, 11) is 0. The number of benzene rings is 2. The van der Waals surface area contributed by atoms with Crippen LogP contribution < -0.4 is 10.5 Å². The topological polar surface area (TPSA) is 35.2 Å². The van der Waals surface area contributed by atoms with Gasteiger partial charge in [0.05, 0.1) is 5.02 Å². The maximum Gasteiger partial charge on any atom is 0.147 e. The van der Waals surface area contributed by atoms with Gasteiger partial charge in [0.25, 0.3) is 0 Å². The molecular weight excluding hydrogens is 314 g/mol. The van der Waals surface area contributed by atoms with Gasteiger partial charge in [0.2, 0.25) is 0 Å².